The van der Waals surface area contributed by atoms with Gasteiger partial charge in [0.05, 0.1) is 36.6 Å². The molecule has 3 N–H and O–H groups in total. The van der Waals surface area contributed by atoms with Crippen molar-refractivity contribution >= 4 is 27.3 Å². The van der Waals surface area contributed by atoms with Crippen LogP contribution in [0.1, 0.15) is 26.9 Å². The summed E-state index contributed by atoms with van der Waals surface area (Å²) in [7, 11) is 1.66. The van der Waals surface area contributed by atoms with Crippen LogP contribution in [-0.4, -0.2) is 47.8 Å². The predicted octanol–water partition coefficient (Wildman–Crippen LogP) is 3.97. The smallest absolute Gasteiger partial charge is 0.259 e. The molecule has 2 aromatic carbocycles. The number of H-pyrrole nitrogens is 1. The summed E-state index contributed by atoms with van der Waals surface area (Å²) in [6.07, 6.45) is 1.66. The summed E-state index contributed by atoms with van der Waals surface area (Å²) >= 11 is 1.44. The van der Waals surface area contributed by atoms with E-state index in [0.717, 1.165) is 51.3 Å². The molecule has 3 heterocycles. The van der Waals surface area contributed by atoms with Crippen LogP contribution in [0.25, 0.3) is 21.3 Å². The first-order valence-corrected chi connectivity index (χ1v) is 11.3. The monoisotopic (exact) mass is 448 g/mol. The van der Waals surface area contributed by atoms with Crippen LogP contribution < -0.4 is 10.5 Å². The van der Waals surface area contributed by atoms with E-state index in [1.807, 2.05) is 54.7 Å². The van der Waals surface area contributed by atoms with E-state index in [4.69, 9.17) is 15.2 Å². The van der Waals surface area contributed by atoms with E-state index in [1.165, 1.54) is 11.3 Å². The first-order chi connectivity index (χ1) is 15.6. The van der Waals surface area contributed by atoms with Crippen LogP contribution in [-0.2, 0) is 11.3 Å². The number of primary amides is 1. The Morgan fingerprint density at radius 3 is 2.88 bits per heavy atom. The van der Waals surface area contributed by atoms with Gasteiger partial charge in [0.15, 0.2) is 0 Å². The summed E-state index contributed by atoms with van der Waals surface area (Å²) in [5.41, 5.74) is 9.79. The summed E-state index contributed by atoms with van der Waals surface area (Å²) in [5.74, 6) is 0.414. The number of morpholine rings is 1. The lowest BCUT2D eigenvalue weighted by molar-refractivity contribution is -0.0322. The Bertz CT molecular complexity index is 1250. The molecule has 1 fully saturated rings. The highest BCUT2D eigenvalue weighted by Gasteiger charge is 2.29. The molecular weight excluding hydrogens is 424 g/mol. The lowest BCUT2D eigenvalue weighted by atomic mass is 10.0. The van der Waals surface area contributed by atoms with Gasteiger partial charge in [-0.05, 0) is 35.7 Å². The Labute approximate surface area is 189 Å². The first-order valence-electron chi connectivity index (χ1n) is 10.5. The number of nitrogens with two attached hydrogens (primary N) is 1. The molecule has 0 spiro atoms. The molecule has 1 aliphatic rings. The normalized spacial score (nSPS) is 17.0. The standard InChI is InChI=1S/C24H24N4O3S/c1-30-17-8-6-15(7-9-17)22-16(12-26-27-22)13-28-10-11-31-19(14-28)21-18-4-2-3-5-20(18)32-23(21)24(25)29/h2-9,12,19H,10-11,13-14H2,1H3,(H2,25,29)(H,26,27). The molecule has 1 aliphatic heterocycles. The van der Waals surface area contributed by atoms with E-state index in [1.54, 1.807) is 7.11 Å². The van der Waals surface area contributed by atoms with Crippen molar-refractivity contribution in [1.29, 1.82) is 0 Å². The molecule has 0 aliphatic carbocycles. The number of carbonyl (C=O) groups is 1. The van der Waals surface area contributed by atoms with Crippen LogP contribution in [0.4, 0.5) is 0 Å². The maximum Gasteiger partial charge on any atom is 0.259 e. The summed E-state index contributed by atoms with van der Waals surface area (Å²) in [5, 5.41) is 8.45. The zero-order chi connectivity index (χ0) is 22.1. The Morgan fingerprint density at radius 1 is 1.28 bits per heavy atom. The molecule has 4 aromatic rings. The van der Waals surface area contributed by atoms with Gasteiger partial charge in [-0.2, -0.15) is 5.10 Å². The SMILES string of the molecule is COc1ccc(-c2[nH]ncc2CN2CCOC(c3c(C(N)=O)sc4ccccc34)C2)cc1. The zero-order valence-electron chi connectivity index (χ0n) is 17.7. The molecule has 1 unspecified atom stereocenters. The van der Waals surface area contributed by atoms with Gasteiger partial charge in [0, 0.05) is 41.0 Å². The number of aromatic amines is 1. The van der Waals surface area contributed by atoms with Gasteiger partial charge in [0.2, 0.25) is 0 Å². The van der Waals surface area contributed by atoms with Crippen molar-refractivity contribution < 1.29 is 14.3 Å². The second kappa shape index (κ2) is 8.74. The summed E-state index contributed by atoms with van der Waals surface area (Å²) < 4.78 is 12.4. The lowest BCUT2D eigenvalue weighted by Gasteiger charge is -2.33. The Kier molecular flexibility index (Phi) is 5.65. The number of nitrogens with zero attached hydrogens (tertiary/aromatic N) is 2. The molecule has 1 saturated heterocycles. The average molecular weight is 449 g/mol. The molecule has 1 amide bonds. The van der Waals surface area contributed by atoms with E-state index in [0.29, 0.717) is 18.0 Å². The van der Waals surface area contributed by atoms with Crippen LogP contribution in [0.5, 0.6) is 5.75 Å². The van der Waals surface area contributed by atoms with Crippen molar-refractivity contribution in [1.82, 2.24) is 15.1 Å². The van der Waals surface area contributed by atoms with Gasteiger partial charge in [-0.1, -0.05) is 18.2 Å². The summed E-state index contributed by atoms with van der Waals surface area (Å²) in [6, 6.07) is 15.9. The van der Waals surface area contributed by atoms with Gasteiger partial charge in [-0.3, -0.25) is 14.8 Å². The maximum atomic E-state index is 12.2. The van der Waals surface area contributed by atoms with Crippen LogP contribution in [0.3, 0.4) is 0 Å². The fourth-order valence-corrected chi connectivity index (χ4v) is 5.37. The van der Waals surface area contributed by atoms with Crippen LogP contribution in [0.2, 0.25) is 0 Å². The van der Waals surface area contributed by atoms with Gasteiger partial charge in [0.1, 0.15) is 5.75 Å². The molecule has 5 rings (SSSR count). The lowest BCUT2D eigenvalue weighted by Crippen LogP contribution is -2.38. The number of ether oxygens (including phenoxy) is 2. The third-order valence-corrected chi connectivity index (χ3v) is 7.02. The second-order valence-corrected chi connectivity index (χ2v) is 8.85. The number of aromatic nitrogens is 2. The Morgan fingerprint density at radius 2 is 2.09 bits per heavy atom. The molecule has 2 aromatic heterocycles. The maximum absolute atomic E-state index is 12.2. The second-order valence-electron chi connectivity index (χ2n) is 7.80. The van der Waals surface area contributed by atoms with E-state index < -0.39 is 5.91 Å². The topological polar surface area (TPSA) is 93.5 Å². The Balaban J connectivity index is 1.40. The van der Waals surface area contributed by atoms with Gasteiger partial charge in [-0.25, -0.2) is 0 Å². The predicted molar refractivity (Wildman–Crippen MR) is 125 cm³/mol. The van der Waals surface area contributed by atoms with Gasteiger partial charge in [-0.15, -0.1) is 11.3 Å². The highest BCUT2D eigenvalue weighted by molar-refractivity contribution is 7.21. The van der Waals surface area contributed by atoms with Crippen molar-refractivity contribution in [3.8, 4) is 17.0 Å². The van der Waals surface area contributed by atoms with E-state index in [9.17, 15) is 4.79 Å². The zero-order valence-corrected chi connectivity index (χ0v) is 18.5. The van der Waals surface area contributed by atoms with Gasteiger partial charge in [0.25, 0.3) is 5.91 Å². The number of fused-ring (bicyclic) bond motifs is 1. The number of rotatable bonds is 6. The average Bonchev–Trinajstić information content (AvgIpc) is 3.44. The van der Waals surface area contributed by atoms with Crippen LogP contribution >= 0.6 is 11.3 Å². The number of carbonyl (C=O) groups excluding carboxylic acids is 1. The van der Waals surface area contributed by atoms with Gasteiger partial charge >= 0.3 is 0 Å². The van der Waals surface area contributed by atoms with Gasteiger partial charge < -0.3 is 15.2 Å². The molecule has 1 atom stereocenters. The number of benzene rings is 2. The van der Waals surface area contributed by atoms with Crippen molar-refractivity contribution in [3.63, 3.8) is 0 Å². The quantitative estimate of drug-likeness (QED) is 0.466. The molecule has 0 saturated carbocycles. The molecular formula is C24H24N4O3S. The van der Waals surface area contributed by atoms with Crippen molar-refractivity contribution in [2.24, 2.45) is 5.73 Å². The minimum Gasteiger partial charge on any atom is -0.497 e. The number of amides is 1. The highest BCUT2D eigenvalue weighted by atomic mass is 32.1. The molecule has 0 radical (unpaired) electrons. The number of hydrogen-bond acceptors (Lipinski definition) is 6. The van der Waals surface area contributed by atoms with Crippen LogP contribution in [0, 0.1) is 0 Å². The number of hydrogen-bond donors (Lipinski definition) is 2. The van der Waals surface area contributed by atoms with Crippen molar-refractivity contribution in [2.45, 2.75) is 12.6 Å². The third-order valence-electron chi connectivity index (χ3n) is 5.82. The summed E-state index contributed by atoms with van der Waals surface area (Å²) in [4.78, 5) is 15.1. The highest BCUT2D eigenvalue weighted by Crippen LogP contribution is 2.38. The molecule has 7 nitrogen and oxygen atoms in total. The number of nitrogens with one attached hydrogen (secondary N) is 1. The first kappa shape index (κ1) is 20.7. The third kappa shape index (κ3) is 3.88. The van der Waals surface area contributed by atoms with Crippen molar-refractivity contribution in [3.05, 3.63) is 70.7 Å². The molecule has 164 valence electrons. The molecule has 0 bridgehead atoms. The molecule has 32 heavy (non-hydrogen) atoms. The minimum absolute atomic E-state index is 0.210. The van der Waals surface area contributed by atoms with E-state index in [2.05, 4.69) is 15.1 Å². The summed E-state index contributed by atoms with van der Waals surface area (Å²) in [6.45, 7) is 2.79. The van der Waals surface area contributed by atoms with Crippen molar-refractivity contribution in [2.75, 3.05) is 26.8 Å². The van der Waals surface area contributed by atoms with Crippen LogP contribution in [0.15, 0.2) is 54.7 Å². The largest absolute Gasteiger partial charge is 0.497 e. The minimum atomic E-state index is -0.404. The number of methoxy groups -OCH3 is 1. The fourth-order valence-electron chi connectivity index (χ4n) is 4.27. The number of thiophene rings is 1. The Hall–Kier alpha value is -3.20. The van der Waals surface area contributed by atoms with E-state index in [-0.39, 0.29) is 6.10 Å². The fraction of sp³-hybridized carbons (Fsp3) is 0.250. The molecule has 8 heteroatoms. The van der Waals surface area contributed by atoms with E-state index >= 15 is 0 Å².